The fourth-order valence-corrected chi connectivity index (χ4v) is 5.37. The number of hydrogen-bond donors (Lipinski definition) is 0. The van der Waals surface area contributed by atoms with Crippen LogP contribution in [0, 0.1) is 11.8 Å². The highest BCUT2D eigenvalue weighted by Gasteiger charge is 2.32. The van der Waals surface area contributed by atoms with Gasteiger partial charge in [-0.15, -0.1) is 10.2 Å². The number of hydrogen-bond acceptors (Lipinski definition) is 4. The molecule has 8 heteroatoms. The molecule has 1 amide bonds. The first kappa shape index (κ1) is 17.4. The number of carbonyl (C=O) groups excluding carboxylic acids is 1. The van der Waals surface area contributed by atoms with Gasteiger partial charge in [0.05, 0.1) is 15.8 Å². The topological polar surface area (TPSA) is 50.5 Å². The molecule has 2 aromatic rings. The van der Waals surface area contributed by atoms with Gasteiger partial charge in [-0.2, -0.15) is 0 Å². The second-order valence-electron chi connectivity index (χ2n) is 6.90. The van der Waals surface area contributed by atoms with Crippen molar-refractivity contribution < 1.29 is 4.79 Å². The average molecular weight is 399 g/mol. The highest BCUT2D eigenvalue weighted by Crippen LogP contribution is 2.36. The lowest BCUT2D eigenvalue weighted by Crippen LogP contribution is -2.45. The number of fused-ring (bicyclic) bond motifs is 2. The lowest BCUT2D eigenvalue weighted by Gasteiger charge is -2.41. The Morgan fingerprint density at radius 2 is 2.00 bits per heavy atom. The number of carbonyl (C=O) groups is 1. The Kier molecular flexibility index (Phi) is 5.11. The van der Waals surface area contributed by atoms with Crippen molar-refractivity contribution in [1.29, 1.82) is 0 Å². The molecule has 3 heterocycles. The number of rotatable bonds is 3. The first-order valence-electron chi connectivity index (χ1n) is 8.72. The zero-order valence-electron chi connectivity index (χ0n) is 13.8. The van der Waals surface area contributed by atoms with E-state index < -0.39 is 0 Å². The maximum absolute atomic E-state index is 12.6. The van der Waals surface area contributed by atoms with Crippen molar-refractivity contribution in [3.05, 3.63) is 22.3 Å². The maximum Gasteiger partial charge on any atom is 0.233 e. The largest absolute Gasteiger partial charge is 0.342 e. The van der Waals surface area contributed by atoms with Crippen LogP contribution in [-0.2, 0) is 4.79 Å². The minimum absolute atomic E-state index is 0.180. The molecule has 0 radical (unpaired) electrons. The van der Waals surface area contributed by atoms with Crippen LogP contribution in [0.5, 0.6) is 0 Å². The van der Waals surface area contributed by atoms with Crippen LogP contribution < -0.4 is 0 Å². The third-order valence-electron chi connectivity index (χ3n) is 5.36. The van der Waals surface area contributed by atoms with Crippen molar-refractivity contribution in [3.63, 3.8) is 0 Å². The summed E-state index contributed by atoms with van der Waals surface area (Å²) in [4.78, 5) is 14.7. The molecule has 1 saturated carbocycles. The van der Waals surface area contributed by atoms with Crippen LogP contribution in [0.25, 0.3) is 5.65 Å². The van der Waals surface area contributed by atoms with Crippen LogP contribution >= 0.6 is 35.0 Å². The maximum atomic E-state index is 12.6. The van der Waals surface area contributed by atoms with E-state index in [0.717, 1.165) is 25.4 Å². The predicted octanol–water partition coefficient (Wildman–Crippen LogP) is 4.17. The SMILES string of the molecule is O=C(CSc1nnc2c(Cl)cc(Cl)cn12)N1CC[C@H]2CCCC[C@@H]2C1. The first-order valence-corrected chi connectivity index (χ1v) is 10.5. The molecule has 1 aliphatic carbocycles. The molecule has 0 bridgehead atoms. The third-order valence-corrected chi connectivity index (χ3v) is 6.78. The smallest absolute Gasteiger partial charge is 0.233 e. The molecular formula is C17H20Cl2N4OS. The van der Waals surface area contributed by atoms with Gasteiger partial charge in [0, 0.05) is 19.3 Å². The summed E-state index contributed by atoms with van der Waals surface area (Å²) < 4.78 is 1.75. The van der Waals surface area contributed by atoms with E-state index in [4.69, 9.17) is 23.2 Å². The molecule has 1 saturated heterocycles. The molecule has 4 rings (SSSR count). The van der Waals surface area contributed by atoms with E-state index >= 15 is 0 Å². The summed E-state index contributed by atoms with van der Waals surface area (Å²) in [6, 6.07) is 1.64. The van der Waals surface area contributed by atoms with Gasteiger partial charge in [0.2, 0.25) is 5.91 Å². The summed E-state index contributed by atoms with van der Waals surface area (Å²) in [5.41, 5.74) is 0.559. The second kappa shape index (κ2) is 7.33. The molecule has 0 spiro atoms. The quantitative estimate of drug-likeness (QED) is 0.727. The van der Waals surface area contributed by atoms with E-state index in [1.807, 2.05) is 4.90 Å². The van der Waals surface area contributed by atoms with Crippen molar-refractivity contribution in [3.8, 4) is 0 Å². The number of pyridine rings is 1. The van der Waals surface area contributed by atoms with Gasteiger partial charge in [-0.1, -0.05) is 54.2 Å². The Hall–Kier alpha value is -0.980. The van der Waals surface area contributed by atoms with Gasteiger partial charge >= 0.3 is 0 Å². The molecule has 5 nitrogen and oxygen atoms in total. The van der Waals surface area contributed by atoms with E-state index in [0.29, 0.717) is 32.5 Å². The number of halogens is 2. The van der Waals surface area contributed by atoms with Crippen LogP contribution in [-0.4, -0.2) is 44.2 Å². The predicted molar refractivity (Wildman–Crippen MR) is 100 cm³/mol. The van der Waals surface area contributed by atoms with Crippen molar-refractivity contribution in [2.45, 2.75) is 37.3 Å². The van der Waals surface area contributed by atoms with Crippen molar-refractivity contribution in [1.82, 2.24) is 19.5 Å². The zero-order chi connectivity index (χ0) is 17.4. The highest BCUT2D eigenvalue weighted by atomic mass is 35.5. The minimum Gasteiger partial charge on any atom is -0.342 e. The molecule has 2 atom stereocenters. The van der Waals surface area contributed by atoms with Gasteiger partial charge in [0.1, 0.15) is 0 Å². The van der Waals surface area contributed by atoms with Crippen molar-refractivity contribution in [2.75, 3.05) is 18.8 Å². The Bertz CT molecular complexity index is 796. The zero-order valence-corrected chi connectivity index (χ0v) is 16.2. The second-order valence-corrected chi connectivity index (χ2v) is 8.69. The van der Waals surface area contributed by atoms with Crippen LogP contribution in [0.4, 0.5) is 0 Å². The monoisotopic (exact) mass is 398 g/mol. The molecule has 0 unspecified atom stereocenters. The van der Waals surface area contributed by atoms with E-state index in [-0.39, 0.29) is 5.91 Å². The molecule has 134 valence electrons. The van der Waals surface area contributed by atoms with Gasteiger partial charge in [-0.25, -0.2) is 0 Å². The number of amides is 1. The fourth-order valence-electron chi connectivity index (χ4n) is 4.05. The van der Waals surface area contributed by atoms with Gasteiger partial charge in [0.15, 0.2) is 10.8 Å². The number of likely N-dealkylation sites (tertiary alicyclic amines) is 1. The van der Waals surface area contributed by atoms with E-state index in [2.05, 4.69) is 10.2 Å². The van der Waals surface area contributed by atoms with Crippen molar-refractivity contribution >= 4 is 46.5 Å². The molecule has 2 aliphatic rings. The van der Waals surface area contributed by atoms with Crippen molar-refractivity contribution in [2.24, 2.45) is 11.8 Å². The Labute approximate surface area is 161 Å². The Morgan fingerprint density at radius 3 is 2.84 bits per heavy atom. The van der Waals surface area contributed by atoms with E-state index in [1.54, 1.807) is 16.7 Å². The summed E-state index contributed by atoms with van der Waals surface area (Å²) in [5.74, 6) is 2.07. The van der Waals surface area contributed by atoms with E-state index in [1.165, 1.54) is 37.4 Å². The summed E-state index contributed by atoms with van der Waals surface area (Å²) in [6.07, 6.45) is 8.16. The van der Waals surface area contributed by atoms with Gasteiger partial charge in [-0.05, 0) is 30.7 Å². The molecule has 1 aliphatic heterocycles. The number of nitrogens with zero attached hydrogens (tertiary/aromatic N) is 4. The normalized spacial score (nSPS) is 23.7. The lowest BCUT2D eigenvalue weighted by atomic mass is 9.75. The molecular weight excluding hydrogens is 379 g/mol. The number of thioether (sulfide) groups is 1. The molecule has 0 N–H and O–H groups in total. The number of aromatic nitrogens is 3. The highest BCUT2D eigenvalue weighted by molar-refractivity contribution is 7.99. The molecule has 2 fully saturated rings. The van der Waals surface area contributed by atoms with Crippen LogP contribution in [0.3, 0.4) is 0 Å². The Balaban J connectivity index is 1.41. The Morgan fingerprint density at radius 1 is 1.20 bits per heavy atom. The van der Waals surface area contributed by atoms with Crippen LogP contribution in [0.1, 0.15) is 32.1 Å². The molecule has 2 aromatic heterocycles. The summed E-state index contributed by atoms with van der Waals surface area (Å²) in [7, 11) is 0. The standard InChI is InChI=1S/C17H20Cl2N4OS/c18-13-7-14(19)16-20-21-17(23(16)9-13)25-10-15(24)22-6-5-11-3-1-2-4-12(11)8-22/h7,9,11-12H,1-6,8,10H2/t11-,12-/m1/s1. The first-order chi connectivity index (χ1) is 12.1. The number of piperidine rings is 1. The molecule has 0 aromatic carbocycles. The lowest BCUT2D eigenvalue weighted by molar-refractivity contribution is -0.131. The summed E-state index contributed by atoms with van der Waals surface area (Å²) in [6.45, 7) is 1.81. The minimum atomic E-state index is 0.180. The van der Waals surface area contributed by atoms with Gasteiger partial charge in [-0.3, -0.25) is 9.20 Å². The summed E-state index contributed by atoms with van der Waals surface area (Å²) >= 11 is 13.6. The van der Waals surface area contributed by atoms with E-state index in [9.17, 15) is 4.79 Å². The third kappa shape index (κ3) is 3.62. The van der Waals surface area contributed by atoms with Crippen LogP contribution in [0.2, 0.25) is 10.0 Å². The average Bonchev–Trinajstić information content (AvgIpc) is 3.02. The van der Waals surface area contributed by atoms with Gasteiger partial charge < -0.3 is 4.90 Å². The molecule has 25 heavy (non-hydrogen) atoms. The van der Waals surface area contributed by atoms with Gasteiger partial charge in [0.25, 0.3) is 0 Å². The van der Waals surface area contributed by atoms with Crippen LogP contribution in [0.15, 0.2) is 17.4 Å². The summed E-state index contributed by atoms with van der Waals surface area (Å²) in [5, 5.41) is 9.84. The fraction of sp³-hybridized carbons (Fsp3) is 0.588.